The van der Waals surface area contributed by atoms with Gasteiger partial charge in [0.05, 0.1) is 30.3 Å². The van der Waals surface area contributed by atoms with Crippen LogP contribution in [0.1, 0.15) is 11.6 Å². The highest BCUT2D eigenvalue weighted by Gasteiger charge is 2.47. The molecule has 3 N–H and O–H groups in total. The van der Waals surface area contributed by atoms with E-state index in [0.29, 0.717) is 21.7 Å². The van der Waals surface area contributed by atoms with Crippen molar-refractivity contribution < 1.29 is 15.3 Å². The Bertz CT molecular complexity index is 685. The Balaban J connectivity index is 2.15. The van der Waals surface area contributed by atoms with Crippen molar-refractivity contribution in [3.8, 4) is 0 Å². The van der Waals surface area contributed by atoms with Crippen molar-refractivity contribution in [2.75, 3.05) is 6.61 Å². The van der Waals surface area contributed by atoms with Crippen LogP contribution in [0.5, 0.6) is 0 Å². The summed E-state index contributed by atoms with van der Waals surface area (Å²) in [5.74, 6) is 0. The highest BCUT2D eigenvalue weighted by atomic mass is 35.5. The molecule has 0 amide bonds. The lowest BCUT2D eigenvalue weighted by atomic mass is 10.0. The minimum Gasteiger partial charge on any atom is -0.395 e. The Hall–Kier alpha value is -0.390. The maximum Gasteiger partial charge on any atom is 0.156 e. The zero-order valence-corrected chi connectivity index (χ0v) is 13.9. The van der Waals surface area contributed by atoms with E-state index in [1.807, 2.05) is 0 Å². The molecule has 0 radical (unpaired) electrons. The van der Waals surface area contributed by atoms with E-state index in [1.165, 1.54) is 6.33 Å². The first-order valence-corrected chi connectivity index (χ1v) is 7.65. The van der Waals surface area contributed by atoms with Gasteiger partial charge in [-0.15, -0.1) is 0 Å². The van der Waals surface area contributed by atoms with Crippen molar-refractivity contribution in [3.63, 3.8) is 0 Å². The predicted octanol–water partition coefficient (Wildman–Crippen LogP) is -0.0476. The SMILES string of the molecule is OC[C@@H]1[C@@H](O)[C@@H](O)[C@H](c2cn(P)c3c(Cl)ncnc23)N1P. The van der Waals surface area contributed by atoms with Gasteiger partial charge in [-0.2, -0.15) is 0 Å². The van der Waals surface area contributed by atoms with Gasteiger partial charge in [0.2, 0.25) is 0 Å². The summed E-state index contributed by atoms with van der Waals surface area (Å²) in [7, 11) is 4.94. The molecule has 0 aliphatic carbocycles. The largest absolute Gasteiger partial charge is 0.395 e. The predicted molar refractivity (Wildman–Crippen MR) is 84.8 cm³/mol. The second-order valence-corrected chi connectivity index (χ2v) is 6.49. The van der Waals surface area contributed by atoms with Crippen LogP contribution < -0.4 is 0 Å². The molecule has 1 fully saturated rings. The zero-order valence-electron chi connectivity index (χ0n) is 10.8. The number of fused-ring (bicyclic) bond motifs is 1. The summed E-state index contributed by atoms with van der Waals surface area (Å²) >= 11 is 6.08. The summed E-state index contributed by atoms with van der Waals surface area (Å²) in [6.07, 6.45) is 1.04. The first-order chi connectivity index (χ1) is 9.97. The molecule has 3 rings (SSSR count). The first-order valence-electron chi connectivity index (χ1n) is 6.24. The molecule has 0 saturated carbocycles. The maximum atomic E-state index is 10.3. The van der Waals surface area contributed by atoms with Gasteiger partial charge >= 0.3 is 0 Å². The van der Waals surface area contributed by atoms with Crippen molar-refractivity contribution in [1.82, 2.24) is 19.0 Å². The van der Waals surface area contributed by atoms with Gasteiger partial charge in [0.15, 0.2) is 5.15 Å². The van der Waals surface area contributed by atoms with Gasteiger partial charge in [-0.1, -0.05) is 21.0 Å². The summed E-state index contributed by atoms with van der Waals surface area (Å²) in [6, 6.07) is -1.08. The fraction of sp³-hybridized carbons (Fsp3) is 0.455. The third-order valence-corrected chi connectivity index (χ3v) is 5.25. The molecule has 0 spiro atoms. The Labute approximate surface area is 130 Å². The second-order valence-electron chi connectivity index (χ2n) is 4.98. The van der Waals surface area contributed by atoms with E-state index in [9.17, 15) is 15.3 Å². The monoisotopic (exact) mass is 348 g/mol. The quantitative estimate of drug-likeness (QED) is 0.520. The van der Waals surface area contributed by atoms with Gasteiger partial charge in [0, 0.05) is 11.8 Å². The molecule has 1 saturated heterocycles. The van der Waals surface area contributed by atoms with Crippen molar-refractivity contribution in [1.29, 1.82) is 0 Å². The summed E-state index contributed by atoms with van der Waals surface area (Å²) in [4.78, 5) is 8.17. The third kappa shape index (κ3) is 2.28. The van der Waals surface area contributed by atoms with Crippen LogP contribution in [-0.2, 0) is 0 Å². The van der Waals surface area contributed by atoms with E-state index < -0.39 is 24.3 Å². The van der Waals surface area contributed by atoms with E-state index >= 15 is 0 Å². The third-order valence-electron chi connectivity index (χ3n) is 3.86. The fourth-order valence-electron chi connectivity index (χ4n) is 2.81. The van der Waals surface area contributed by atoms with Crippen molar-refractivity contribution in [2.45, 2.75) is 24.3 Å². The molecule has 0 bridgehead atoms. The van der Waals surface area contributed by atoms with E-state index in [4.69, 9.17) is 11.6 Å². The Morgan fingerprint density at radius 1 is 1.24 bits per heavy atom. The van der Waals surface area contributed by atoms with Gasteiger partial charge in [-0.05, 0) is 9.39 Å². The van der Waals surface area contributed by atoms with Crippen LogP contribution >= 0.6 is 30.4 Å². The van der Waals surface area contributed by atoms with Gasteiger partial charge < -0.3 is 19.7 Å². The van der Waals surface area contributed by atoms with E-state index in [1.54, 1.807) is 15.2 Å². The van der Waals surface area contributed by atoms with Crippen LogP contribution in [0.25, 0.3) is 11.0 Å². The smallest absolute Gasteiger partial charge is 0.156 e. The molecular formula is C11H15ClN4O3P2. The van der Waals surface area contributed by atoms with E-state index in [0.717, 1.165) is 0 Å². The maximum absolute atomic E-state index is 10.3. The molecule has 1 aliphatic rings. The summed E-state index contributed by atoms with van der Waals surface area (Å²) in [5.41, 5.74) is 1.95. The molecule has 10 heteroatoms. The minimum atomic E-state index is -1.04. The molecule has 0 aromatic carbocycles. The van der Waals surface area contributed by atoms with E-state index in [-0.39, 0.29) is 6.61 Å². The molecule has 114 valence electrons. The second kappa shape index (κ2) is 5.67. The number of halogens is 1. The Kier molecular flexibility index (Phi) is 4.19. The van der Waals surface area contributed by atoms with Crippen LogP contribution in [0, 0.1) is 0 Å². The fourth-order valence-corrected chi connectivity index (χ4v) is 4.13. The molecule has 1 aliphatic heterocycles. The van der Waals surface area contributed by atoms with Crippen LogP contribution in [0.2, 0.25) is 5.15 Å². The Morgan fingerprint density at radius 2 is 1.95 bits per heavy atom. The molecule has 3 heterocycles. The van der Waals surface area contributed by atoms with Crippen LogP contribution in [0.3, 0.4) is 0 Å². The topological polar surface area (TPSA) is 94.6 Å². The minimum absolute atomic E-state index is 0.256. The number of aliphatic hydroxyl groups excluding tert-OH is 3. The summed E-state index contributed by atoms with van der Waals surface area (Å²) in [5, 5.41) is 30.0. The summed E-state index contributed by atoms with van der Waals surface area (Å²) in [6.45, 7) is -0.256. The highest BCUT2D eigenvalue weighted by molar-refractivity contribution is 7.15. The number of hydrogen-bond acceptors (Lipinski definition) is 6. The highest BCUT2D eigenvalue weighted by Crippen LogP contribution is 2.42. The average molecular weight is 349 g/mol. The lowest BCUT2D eigenvalue weighted by Crippen LogP contribution is -2.34. The molecule has 2 unspecified atom stereocenters. The molecule has 7 nitrogen and oxygen atoms in total. The van der Waals surface area contributed by atoms with Gasteiger partial charge in [-0.3, -0.25) is 4.67 Å². The van der Waals surface area contributed by atoms with Crippen molar-refractivity contribution in [3.05, 3.63) is 23.2 Å². The number of hydrogen-bond donors (Lipinski definition) is 3. The lowest BCUT2D eigenvalue weighted by molar-refractivity contribution is 0.0191. The molecule has 6 atom stereocenters. The Morgan fingerprint density at radius 3 is 2.57 bits per heavy atom. The van der Waals surface area contributed by atoms with Crippen molar-refractivity contribution in [2.24, 2.45) is 0 Å². The standard InChI is InChI=1S/C11H15ClN4O3P2/c12-11-8-6(13-3-14-11)4(1-15(8)20)7-10(19)9(18)5(2-17)16(7)21/h1,3,5,7,9-10,17-19H,2,20-21H2/t5-,7+,9-,10+/m1/s1. The van der Waals surface area contributed by atoms with Gasteiger partial charge in [0.1, 0.15) is 17.9 Å². The number of aromatic nitrogens is 3. The van der Waals surface area contributed by atoms with Gasteiger partial charge in [-0.25, -0.2) is 9.97 Å². The van der Waals surface area contributed by atoms with Crippen LogP contribution in [0.4, 0.5) is 0 Å². The van der Waals surface area contributed by atoms with Crippen molar-refractivity contribution >= 4 is 41.4 Å². The summed E-state index contributed by atoms with van der Waals surface area (Å²) < 4.78 is 3.38. The zero-order chi connectivity index (χ0) is 15.3. The molecule has 2 aromatic heterocycles. The normalized spacial score (nSPS) is 30.4. The molecule has 21 heavy (non-hydrogen) atoms. The molecule has 2 aromatic rings. The average Bonchev–Trinajstić information content (AvgIpc) is 2.87. The van der Waals surface area contributed by atoms with E-state index in [2.05, 4.69) is 28.7 Å². The van der Waals surface area contributed by atoms with Crippen LogP contribution in [0.15, 0.2) is 12.5 Å². The van der Waals surface area contributed by atoms with Gasteiger partial charge in [0.25, 0.3) is 0 Å². The lowest BCUT2D eigenvalue weighted by Gasteiger charge is -2.24. The number of nitrogens with zero attached hydrogens (tertiary/aromatic N) is 4. The van der Waals surface area contributed by atoms with Crippen LogP contribution in [-0.4, -0.2) is 59.2 Å². The first kappa shape index (κ1) is 15.5. The number of aliphatic hydroxyl groups is 3. The number of rotatable bonds is 2. The molecular weight excluding hydrogens is 334 g/mol.